The van der Waals surface area contributed by atoms with E-state index in [1.54, 1.807) is 0 Å². The molecule has 0 aliphatic rings. The summed E-state index contributed by atoms with van der Waals surface area (Å²) in [5.41, 5.74) is 2.02. The fourth-order valence-corrected chi connectivity index (χ4v) is 3.78. The number of benzene rings is 3. The second-order valence-corrected chi connectivity index (χ2v) is 8.10. The minimum Gasteiger partial charge on any atom is -0.326 e. The highest BCUT2D eigenvalue weighted by molar-refractivity contribution is 7.90. The van der Waals surface area contributed by atoms with Gasteiger partial charge in [0, 0.05) is 5.56 Å². The number of urea groups is 1. The van der Waals surface area contributed by atoms with E-state index in [9.17, 15) is 18.0 Å². The fraction of sp³-hybridized carbons (Fsp3) is 0.0909. The van der Waals surface area contributed by atoms with Gasteiger partial charge in [-0.1, -0.05) is 72.8 Å². The summed E-state index contributed by atoms with van der Waals surface area (Å²) >= 11 is 0. The Balaban J connectivity index is 1.80. The van der Waals surface area contributed by atoms with Crippen molar-refractivity contribution < 1.29 is 18.0 Å². The molecule has 0 bridgehead atoms. The van der Waals surface area contributed by atoms with Crippen molar-refractivity contribution in [1.82, 2.24) is 10.0 Å². The molecular weight excluding hydrogens is 388 g/mol. The molecule has 3 aromatic carbocycles. The van der Waals surface area contributed by atoms with Gasteiger partial charge in [0.15, 0.2) is 5.78 Å². The first-order chi connectivity index (χ1) is 13.9. The van der Waals surface area contributed by atoms with Crippen LogP contribution in [0, 0.1) is 0 Å². The third-order valence-electron chi connectivity index (χ3n) is 4.34. The lowest BCUT2D eigenvalue weighted by molar-refractivity contribution is 0.101. The summed E-state index contributed by atoms with van der Waals surface area (Å²) in [6.07, 6.45) is 0. The van der Waals surface area contributed by atoms with E-state index in [0.717, 1.165) is 11.1 Å². The molecule has 0 heterocycles. The van der Waals surface area contributed by atoms with Crippen LogP contribution in [0.25, 0.3) is 0 Å². The van der Waals surface area contributed by atoms with Crippen LogP contribution in [-0.4, -0.2) is 20.2 Å². The molecule has 0 saturated heterocycles. The molecule has 148 valence electrons. The van der Waals surface area contributed by atoms with Crippen molar-refractivity contribution in [2.75, 3.05) is 0 Å². The molecule has 0 radical (unpaired) electrons. The Morgan fingerprint density at radius 3 is 1.69 bits per heavy atom. The predicted octanol–water partition coefficient (Wildman–Crippen LogP) is 3.67. The zero-order valence-corrected chi connectivity index (χ0v) is 16.5. The number of hydrogen-bond donors (Lipinski definition) is 2. The summed E-state index contributed by atoms with van der Waals surface area (Å²) in [5.74, 6) is -0.173. The molecule has 0 atom stereocenters. The zero-order chi connectivity index (χ0) is 20.9. The van der Waals surface area contributed by atoms with Gasteiger partial charge in [-0.05, 0) is 30.2 Å². The molecule has 6 nitrogen and oxygen atoms in total. The number of rotatable bonds is 6. The van der Waals surface area contributed by atoms with Crippen molar-refractivity contribution in [3.8, 4) is 0 Å². The third kappa shape index (κ3) is 5.08. The van der Waals surface area contributed by atoms with Gasteiger partial charge in [0.1, 0.15) is 0 Å². The van der Waals surface area contributed by atoms with Crippen molar-refractivity contribution in [2.45, 2.75) is 17.9 Å². The van der Waals surface area contributed by atoms with Gasteiger partial charge in [0.2, 0.25) is 0 Å². The number of hydrogen-bond acceptors (Lipinski definition) is 4. The van der Waals surface area contributed by atoms with Crippen LogP contribution in [0.5, 0.6) is 0 Å². The largest absolute Gasteiger partial charge is 0.329 e. The predicted molar refractivity (Wildman–Crippen MR) is 110 cm³/mol. The van der Waals surface area contributed by atoms with Crippen LogP contribution in [0.4, 0.5) is 4.79 Å². The lowest BCUT2D eigenvalue weighted by Crippen LogP contribution is -2.41. The average Bonchev–Trinajstić information content (AvgIpc) is 2.73. The summed E-state index contributed by atoms with van der Waals surface area (Å²) in [7, 11) is -4.09. The maximum absolute atomic E-state index is 12.5. The van der Waals surface area contributed by atoms with Gasteiger partial charge < -0.3 is 5.32 Å². The number of amides is 2. The smallest absolute Gasteiger partial charge is 0.326 e. The standard InChI is InChI=1S/C22H20N2O4S/c1-16(25)17-12-14-20(15-13-17)29(27,28)24-22(26)23-21(18-8-4-2-5-9-18)19-10-6-3-7-11-19/h2-15,21H,1H3,(H2,23,24,26). The SMILES string of the molecule is CC(=O)c1ccc(S(=O)(=O)NC(=O)NC(c2ccccc2)c2ccccc2)cc1. The molecule has 3 rings (SSSR count). The number of ketones is 1. The Hall–Kier alpha value is -3.45. The van der Waals surface area contributed by atoms with Crippen LogP contribution in [0.2, 0.25) is 0 Å². The van der Waals surface area contributed by atoms with Crippen LogP contribution >= 0.6 is 0 Å². The van der Waals surface area contributed by atoms with Crippen molar-refractivity contribution in [3.63, 3.8) is 0 Å². The molecule has 0 saturated carbocycles. The van der Waals surface area contributed by atoms with Gasteiger partial charge in [0.25, 0.3) is 10.0 Å². The number of carbonyl (C=O) groups excluding carboxylic acids is 2. The van der Waals surface area contributed by atoms with Gasteiger partial charge in [-0.3, -0.25) is 4.79 Å². The van der Waals surface area contributed by atoms with E-state index in [1.807, 2.05) is 65.4 Å². The van der Waals surface area contributed by atoms with Gasteiger partial charge >= 0.3 is 6.03 Å². The molecule has 2 N–H and O–H groups in total. The van der Waals surface area contributed by atoms with E-state index in [2.05, 4.69) is 5.32 Å². The van der Waals surface area contributed by atoms with E-state index in [0.29, 0.717) is 5.56 Å². The van der Waals surface area contributed by atoms with Crippen molar-refractivity contribution in [3.05, 3.63) is 102 Å². The van der Waals surface area contributed by atoms with E-state index >= 15 is 0 Å². The first kappa shape index (κ1) is 20.3. The number of carbonyl (C=O) groups is 2. The number of nitrogens with one attached hydrogen (secondary N) is 2. The highest BCUT2D eigenvalue weighted by Crippen LogP contribution is 2.21. The van der Waals surface area contributed by atoms with Gasteiger partial charge in [-0.2, -0.15) is 0 Å². The van der Waals surface area contributed by atoms with Gasteiger partial charge in [0.05, 0.1) is 10.9 Å². The maximum atomic E-state index is 12.5. The Bertz CT molecular complexity index is 1060. The van der Waals surface area contributed by atoms with E-state index in [-0.39, 0.29) is 10.7 Å². The minimum atomic E-state index is -4.09. The summed E-state index contributed by atoms with van der Waals surface area (Å²) < 4.78 is 27.1. The van der Waals surface area contributed by atoms with Crippen molar-refractivity contribution >= 4 is 21.8 Å². The molecule has 0 fully saturated rings. The van der Waals surface area contributed by atoms with E-state index < -0.39 is 22.1 Å². The summed E-state index contributed by atoms with van der Waals surface area (Å²) in [4.78, 5) is 23.8. The molecule has 0 spiro atoms. The van der Waals surface area contributed by atoms with Crippen molar-refractivity contribution in [2.24, 2.45) is 0 Å². The molecule has 2 amide bonds. The molecule has 0 unspecified atom stereocenters. The van der Waals surface area contributed by atoms with E-state index in [1.165, 1.54) is 31.2 Å². The van der Waals surface area contributed by atoms with Crippen molar-refractivity contribution in [1.29, 1.82) is 0 Å². The summed E-state index contributed by atoms with van der Waals surface area (Å²) in [6.45, 7) is 1.39. The minimum absolute atomic E-state index is 0.103. The molecular formula is C22H20N2O4S. The highest BCUT2D eigenvalue weighted by Gasteiger charge is 2.22. The van der Waals surface area contributed by atoms with Crippen LogP contribution in [0.3, 0.4) is 0 Å². The molecule has 29 heavy (non-hydrogen) atoms. The molecule has 0 aromatic heterocycles. The highest BCUT2D eigenvalue weighted by atomic mass is 32.2. The van der Waals surface area contributed by atoms with Crippen LogP contribution in [0.15, 0.2) is 89.8 Å². The second kappa shape index (κ2) is 8.70. The Morgan fingerprint density at radius 1 is 0.759 bits per heavy atom. The lowest BCUT2D eigenvalue weighted by Gasteiger charge is -2.20. The average molecular weight is 408 g/mol. The normalized spacial score (nSPS) is 11.1. The lowest BCUT2D eigenvalue weighted by atomic mass is 9.99. The third-order valence-corrected chi connectivity index (χ3v) is 5.69. The quantitative estimate of drug-likeness (QED) is 0.609. The first-order valence-corrected chi connectivity index (χ1v) is 10.4. The Kier molecular flexibility index (Phi) is 6.09. The van der Waals surface area contributed by atoms with Crippen LogP contribution in [-0.2, 0) is 10.0 Å². The van der Waals surface area contributed by atoms with Gasteiger partial charge in [-0.25, -0.2) is 17.9 Å². The topological polar surface area (TPSA) is 92.3 Å². The molecule has 3 aromatic rings. The Morgan fingerprint density at radius 2 is 1.24 bits per heavy atom. The Labute approximate surface area is 169 Å². The maximum Gasteiger partial charge on any atom is 0.329 e. The molecule has 7 heteroatoms. The number of sulfonamides is 1. The fourth-order valence-electron chi connectivity index (χ4n) is 2.86. The van der Waals surface area contributed by atoms with E-state index in [4.69, 9.17) is 0 Å². The summed E-state index contributed by atoms with van der Waals surface area (Å²) in [5, 5.41) is 2.72. The zero-order valence-electron chi connectivity index (χ0n) is 15.7. The van der Waals surface area contributed by atoms with Crippen LogP contribution in [0.1, 0.15) is 34.5 Å². The molecule has 0 aliphatic carbocycles. The second-order valence-electron chi connectivity index (χ2n) is 6.41. The number of Topliss-reactive ketones (excluding diaryl/α,β-unsaturated/α-hetero) is 1. The summed E-state index contributed by atoms with van der Waals surface area (Å²) in [6, 6.07) is 22.5. The molecule has 0 aliphatic heterocycles. The van der Waals surface area contributed by atoms with Crippen LogP contribution < -0.4 is 10.0 Å². The monoisotopic (exact) mass is 408 g/mol. The van der Waals surface area contributed by atoms with Gasteiger partial charge in [-0.15, -0.1) is 0 Å². The first-order valence-electron chi connectivity index (χ1n) is 8.91.